The molecule has 140 valence electrons. The van der Waals surface area contributed by atoms with E-state index in [-0.39, 0.29) is 29.3 Å². The summed E-state index contributed by atoms with van der Waals surface area (Å²) >= 11 is 0. The van der Waals surface area contributed by atoms with E-state index in [9.17, 15) is 15.0 Å². The number of methoxy groups -OCH3 is 1. The summed E-state index contributed by atoms with van der Waals surface area (Å²) < 4.78 is 5.53. The number of carbonyl (C=O) groups is 1. The topological polar surface area (TPSA) is 66.8 Å². The van der Waals surface area contributed by atoms with Gasteiger partial charge in [0.2, 0.25) is 0 Å². The van der Waals surface area contributed by atoms with E-state index in [0.29, 0.717) is 5.57 Å². The number of aldehydes is 1. The van der Waals surface area contributed by atoms with Gasteiger partial charge < -0.3 is 14.9 Å². The standard InChI is InChI=1S/C21H32O4/c1-13(11-22)15-7-8-20(2)9-10-21(3)16(17(15)20)6-5-14(12-23)18(25-4)19(21)24/h5,12-13,16,18-19,22,24H,6-11H2,1-4H3/t13?,16-,18+,19+,20-,21-/m1/s1. The van der Waals surface area contributed by atoms with Gasteiger partial charge in [-0.1, -0.05) is 38.0 Å². The zero-order valence-corrected chi connectivity index (χ0v) is 15.9. The van der Waals surface area contributed by atoms with E-state index in [1.54, 1.807) is 7.11 Å². The Kier molecular flexibility index (Phi) is 5.00. The van der Waals surface area contributed by atoms with Gasteiger partial charge in [0, 0.05) is 30.6 Å². The molecular weight excluding hydrogens is 316 g/mol. The molecule has 0 bridgehead atoms. The summed E-state index contributed by atoms with van der Waals surface area (Å²) in [5.41, 5.74) is 3.22. The Hall–Kier alpha value is -0.970. The lowest BCUT2D eigenvalue weighted by atomic mass is 9.54. The Bertz CT molecular complexity index is 607. The number of aliphatic hydroxyl groups excluding tert-OH is 2. The maximum atomic E-state index is 11.5. The predicted molar refractivity (Wildman–Crippen MR) is 97.0 cm³/mol. The van der Waals surface area contributed by atoms with Crippen molar-refractivity contribution >= 4 is 6.29 Å². The van der Waals surface area contributed by atoms with Gasteiger partial charge in [0.25, 0.3) is 0 Å². The number of rotatable bonds is 4. The molecule has 0 saturated heterocycles. The smallest absolute Gasteiger partial charge is 0.148 e. The zero-order valence-electron chi connectivity index (χ0n) is 15.9. The molecule has 0 amide bonds. The van der Waals surface area contributed by atoms with Gasteiger partial charge in [0.15, 0.2) is 0 Å². The van der Waals surface area contributed by atoms with Crippen LogP contribution in [0.1, 0.15) is 52.9 Å². The molecule has 1 unspecified atom stereocenters. The molecule has 1 fully saturated rings. The monoisotopic (exact) mass is 348 g/mol. The summed E-state index contributed by atoms with van der Waals surface area (Å²) in [6.07, 6.45) is 6.43. The van der Waals surface area contributed by atoms with Gasteiger partial charge in [0.05, 0.1) is 6.10 Å². The molecule has 0 spiro atoms. The van der Waals surface area contributed by atoms with Crippen LogP contribution in [0.5, 0.6) is 0 Å². The highest BCUT2D eigenvalue weighted by Crippen LogP contribution is 2.63. The number of fused-ring (bicyclic) bond motifs is 3. The molecule has 0 heterocycles. The maximum Gasteiger partial charge on any atom is 0.148 e. The van der Waals surface area contributed by atoms with E-state index < -0.39 is 12.2 Å². The van der Waals surface area contributed by atoms with Crippen molar-refractivity contribution in [1.29, 1.82) is 0 Å². The molecule has 3 aliphatic carbocycles. The molecule has 0 aromatic rings. The lowest BCUT2D eigenvalue weighted by Crippen LogP contribution is -2.51. The second kappa shape index (κ2) is 6.64. The highest BCUT2D eigenvalue weighted by Gasteiger charge is 2.56. The van der Waals surface area contributed by atoms with Crippen LogP contribution in [0.2, 0.25) is 0 Å². The van der Waals surface area contributed by atoms with Crippen molar-refractivity contribution < 1.29 is 19.7 Å². The third-order valence-corrected chi connectivity index (χ3v) is 7.44. The van der Waals surface area contributed by atoms with Gasteiger partial charge in [-0.3, -0.25) is 4.79 Å². The maximum absolute atomic E-state index is 11.5. The Morgan fingerprint density at radius 3 is 2.68 bits per heavy atom. The van der Waals surface area contributed by atoms with Gasteiger partial charge in [-0.15, -0.1) is 0 Å². The zero-order chi connectivity index (χ0) is 18.4. The molecule has 1 saturated carbocycles. The number of hydrogen-bond donors (Lipinski definition) is 2. The fourth-order valence-electron chi connectivity index (χ4n) is 5.66. The van der Waals surface area contributed by atoms with Crippen molar-refractivity contribution in [3.8, 4) is 0 Å². The van der Waals surface area contributed by atoms with Crippen LogP contribution >= 0.6 is 0 Å². The molecule has 2 N–H and O–H groups in total. The number of carbonyl (C=O) groups excluding carboxylic acids is 1. The van der Waals surface area contributed by atoms with Crippen molar-refractivity contribution in [2.24, 2.45) is 22.7 Å². The van der Waals surface area contributed by atoms with Crippen molar-refractivity contribution in [2.45, 2.75) is 65.1 Å². The van der Waals surface area contributed by atoms with Crippen LogP contribution in [0.4, 0.5) is 0 Å². The average Bonchev–Trinajstić information content (AvgIpc) is 2.91. The molecule has 0 aromatic carbocycles. The number of allylic oxidation sites excluding steroid dienone is 2. The van der Waals surface area contributed by atoms with Crippen LogP contribution in [0.3, 0.4) is 0 Å². The van der Waals surface area contributed by atoms with E-state index >= 15 is 0 Å². The molecule has 0 aromatic heterocycles. The second-order valence-electron chi connectivity index (χ2n) is 8.80. The fraction of sp³-hybridized carbons (Fsp3) is 0.762. The molecular formula is C21H32O4. The Morgan fingerprint density at radius 1 is 1.36 bits per heavy atom. The quantitative estimate of drug-likeness (QED) is 0.605. The molecule has 25 heavy (non-hydrogen) atoms. The van der Waals surface area contributed by atoms with E-state index in [1.165, 1.54) is 11.1 Å². The third-order valence-electron chi connectivity index (χ3n) is 7.44. The van der Waals surface area contributed by atoms with E-state index in [2.05, 4.69) is 20.8 Å². The van der Waals surface area contributed by atoms with Crippen molar-refractivity contribution in [3.05, 3.63) is 22.8 Å². The lowest BCUT2D eigenvalue weighted by molar-refractivity contribution is -0.112. The van der Waals surface area contributed by atoms with E-state index in [1.807, 2.05) is 6.08 Å². The number of aliphatic hydroxyl groups is 2. The first-order valence-corrected chi connectivity index (χ1v) is 9.52. The SMILES string of the molecule is CO[C@H]1C(C=O)=CC[C@@H]2C3=C(C(C)CO)CC[C@]3(C)CC[C@@]2(C)[C@H]1O. The Balaban J connectivity index is 2.13. The molecule has 6 atom stereocenters. The van der Waals surface area contributed by atoms with Gasteiger partial charge >= 0.3 is 0 Å². The summed E-state index contributed by atoms with van der Waals surface area (Å²) in [6, 6.07) is 0. The second-order valence-corrected chi connectivity index (χ2v) is 8.80. The molecule has 4 nitrogen and oxygen atoms in total. The summed E-state index contributed by atoms with van der Waals surface area (Å²) in [5, 5.41) is 20.9. The van der Waals surface area contributed by atoms with Gasteiger partial charge in [-0.05, 0) is 43.4 Å². The summed E-state index contributed by atoms with van der Waals surface area (Å²) in [7, 11) is 1.57. The first-order valence-electron chi connectivity index (χ1n) is 9.52. The van der Waals surface area contributed by atoms with Crippen LogP contribution in [0, 0.1) is 22.7 Å². The minimum Gasteiger partial charge on any atom is -0.396 e. The molecule has 0 radical (unpaired) electrons. The molecule has 4 heteroatoms. The first kappa shape index (κ1) is 18.8. The molecule has 3 rings (SSSR count). The minimum atomic E-state index is -0.704. The Labute approximate surface area is 151 Å². The van der Waals surface area contributed by atoms with Gasteiger partial charge in [-0.2, -0.15) is 0 Å². The van der Waals surface area contributed by atoms with Crippen LogP contribution in [-0.4, -0.2) is 42.4 Å². The largest absolute Gasteiger partial charge is 0.396 e. The molecule has 0 aliphatic heterocycles. The number of hydrogen-bond acceptors (Lipinski definition) is 4. The van der Waals surface area contributed by atoms with Crippen molar-refractivity contribution in [2.75, 3.05) is 13.7 Å². The van der Waals surface area contributed by atoms with Crippen molar-refractivity contribution in [3.63, 3.8) is 0 Å². The summed E-state index contributed by atoms with van der Waals surface area (Å²) in [4.78, 5) is 11.5. The normalized spacial score (nSPS) is 42.3. The third kappa shape index (κ3) is 2.73. The van der Waals surface area contributed by atoms with Crippen molar-refractivity contribution in [1.82, 2.24) is 0 Å². The van der Waals surface area contributed by atoms with Crippen LogP contribution in [0.25, 0.3) is 0 Å². The van der Waals surface area contributed by atoms with Crippen LogP contribution in [-0.2, 0) is 9.53 Å². The molecule has 3 aliphatic rings. The summed E-state index contributed by atoms with van der Waals surface area (Å²) in [6.45, 7) is 6.76. The van der Waals surface area contributed by atoms with E-state index in [4.69, 9.17) is 4.74 Å². The average molecular weight is 348 g/mol. The van der Waals surface area contributed by atoms with E-state index in [0.717, 1.165) is 38.4 Å². The number of ether oxygens (including phenoxy) is 1. The van der Waals surface area contributed by atoms with Gasteiger partial charge in [-0.25, -0.2) is 0 Å². The van der Waals surface area contributed by atoms with Crippen LogP contribution < -0.4 is 0 Å². The predicted octanol–water partition coefficient (Wildman–Crippen LogP) is 3.03. The highest BCUT2D eigenvalue weighted by molar-refractivity contribution is 5.75. The first-order chi connectivity index (χ1) is 11.8. The summed E-state index contributed by atoms with van der Waals surface area (Å²) in [5.74, 6) is 0.357. The van der Waals surface area contributed by atoms with Crippen LogP contribution in [0.15, 0.2) is 22.8 Å². The van der Waals surface area contributed by atoms with Gasteiger partial charge in [0.1, 0.15) is 12.4 Å². The Morgan fingerprint density at radius 2 is 2.08 bits per heavy atom. The minimum absolute atomic E-state index is 0.157. The lowest BCUT2D eigenvalue weighted by Gasteiger charge is -2.52. The highest BCUT2D eigenvalue weighted by atomic mass is 16.5. The fourth-order valence-corrected chi connectivity index (χ4v) is 5.66.